The Labute approximate surface area is 424 Å². The van der Waals surface area contributed by atoms with E-state index in [9.17, 15) is 0 Å². The molecule has 0 aliphatic heterocycles. The first-order valence-electron chi connectivity index (χ1n) is 24.4. The van der Waals surface area contributed by atoms with Crippen LogP contribution in [0.25, 0.3) is 135 Å². The molecule has 0 N–H and O–H groups in total. The maximum Gasteiger partial charge on any atom is 0.182 e. The highest BCUT2D eigenvalue weighted by Crippen LogP contribution is 2.39. The Kier molecular flexibility index (Phi) is 10.2. The van der Waals surface area contributed by atoms with Crippen molar-refractivity contribution in [3.63, 3.8) is 0 Å². The van der Waals surface area contributed by atoms with Crippen molar-refractivity contribution in [3.8, 4) is 91.1 Å². The maximum absolute atomic E-state index is 4.99. The van der Waals surface area contributed by atoms with Crippen LogP contribution in [0.2, 0.25) is 0 Å². The van der Waals surface area contributed by atoms with Gasteiger partial charge in [0.1, 0.15) is 11.4 Å². The number of fused-ring (bicyclic) bond motifs is 6. The molecule has 8 aromatic carbocycles. The zero-order valence-corrected chi connectivity index (χ0v) is 39.6. The Balaban J connectivity index is 0.814. The van der Waals surface area contributed by atoms with Crippen molar-refractivity contribution >= 4 is 43.6 Å². The van der Waals surface area contributed by atoms with Gasteiger partial charge in [-0.2, -0.15) is 0 Å². The predicted molar refractivity (Wildman–Crippen MR) is 296 cm³/mol. The van der Waals surface area contributed by atoms with E-state index in [4.69, 9.17) is 39.9 Å². The zero-order valence-electron chi connectivity index (χ0n) is 39.6. The van der Waals surface area contributed by atoms with Crippen LogP contribution in [-0.2, 0) is 0 Å². The molecule has 0 aliphatic rings. The summed E-state index contributed by atoms with van der Waals surface area (Å²) < 4.78 is 4.57. The summed E-state index contributed by atoms with van der Waals surface area (Å²) in [6.07, 6.45) is 3.82. The minimum Gasteiger partial charge on any atom is -0.308 e. The van der Waals surface area contributed by atoms with Crippen LogP contribution >= 0.6 is 0 Å². The lowest BCUT2D eigenvalue weighted by Gasteiger charge is -2.11. The second-order valence-electron chi connectivity index (χ2n) is 18.0. The van der Waals surface area contributed by atoms with Gasteiger partial charge in [0.2, 0.25) is 0 Å². The van der Waals surface area contributed by atoms with Gasteiger partial charge in [0.25, 0.3) is 0 Å². The molecule has 0 fully saturated rings. The topological polar surface area (TPSA) is 113 Å². The Morgan fingerprint density at radius 1 is 0.230 bits per heavy atom. The van der Waals surface area contributed by atoms with Gasteiger partial charge in [-0.25, -0.2) is 29.9 Å². The molecular formula is C64H40N10. The number of hydrogen-bond donors (Lipinski definition) is 0. The van der Waals surface area contributed by atoms with Crippen LogP contribution in [0, 0.1) is 0 Å². The summed E-state index contributed by atoms with van der Waals surface area (Å²) in [4.78, 5) is 39.4. The monoisotopic (exact) mass is 948 g/mol. The van der Waals surface area contributed by atoms with Crippen molar-refractivity contribution in [1.29, 1.82) is 0 Å². The van der Waals surface area contributed by atoms with Crippen molar-refractivity contribution < 1.29 is 0 Å². The minimum atomic E-state index is 0.512. The van der Waals surface area contributed by atoms with Gasteiger partial charge in [-0.3, -0.25) is 9.97 Å². The van der Waals surface area contributed by atoms with E-state index >= 15 is 0 Å². The number of nitrogens with zero attached hydrogens (tertiary/aromatic N) is 10. The van der Waals surface area contributed by atoms with Gasteiger partial charge in [-0.15, -0.1) is 0 Å². The number of rotatable bonds is 9. The highest BCUT2D eigenvalue weighted by Gasteiger charge is 2.19. The van der Waals surface area contributed by atoms with E-state index in [1.165, 1.54) is 0 Å². The molecule has 14 aromatic rings. The summed E-state index contributed by atoms with van der Waals surface area (Å²) in [6.45, 7) is 0. The van der Waals surface area contributed by atoms with Crippen LogP contribution in [0.15, 0.2) is 243 Å². The molecule has 0 radical (unpaired) electrons. The SMILES string of the molecule is c1ccc(-c2nc(-c3ccccc3)nc(-c3ccc(-n4c5ccccc5c5cc(-c6ccc7c(c6)c6ccccc6n7-c6ccc(-c7nc(-c8ccccc8)nc(-c8ccccc8)n7)nc6)ccc54)cn3)n2)cc1. The van der Waals surface area contributed by atoms with Crippen LogP contribution in [0.1, 0.15) is 0 Å². The molecule has 0 saturated heterocycles. The van der Waals surface area contributed by atoms with E-state index in [2.05, 4.69) is 106 Å². The first-order valence-corrected chi connectivity index (χ1v) is 24.4. The number of pyridine rings is 2. The smallest absolute Gasteiger partial charge is 0.182 e. The number of hydrogen-bond acceptors (Lipinski definition) is 8. The van der Waals surface area contributed by atoms with Crippen molar-refractivity contribution in [1.82, 2.24) is 49.0 Å². The average molecular weight is 949 g/mol. The van der Waals surface area contributed by atoms with E-state index in [-0.39, 0.29) is 0 Å². The molecule has 0 saturated carbocycles. The molecule has 0 spiro atoms. The van der Waals surface area contributed by atoms with Crippen LogP contribution in [0.4, 0.5) is 0 Å². The summed E-state index contributed by atoms with van der Waals surface area (Å²) in [7, 11) is 0. The quantitative estimate of drug-likeness (QED) is 0.141. The summed E-state index contributed by atoms with van der Waals surface area (Å²) in [6, 6.07) is 78.8. The standard InChI is InChI=1S/C64H40N10/c1-5-17-41(18-6-1)59-67-60(42-19-7-2-8-20-42)70-63(69-59)53-33-31-47(39-65-53)73-55-27-15-13-25-49(55)51-37-45(29-35-57(51)73)46-30-36-58-52(38-46)50-26-14-16-28-56(50)74(58)48-32-34-54(66-40-48)64-71-61(43-21-9-3-10-22-43)68-62(72-64)44-23-11-4-12-24-44/h1-40H. The second kappa shape index (κ2) is 17.8. The molecule has 6 aromatic heterocycles. The predicted octanol–water partition coefficient (Wildman–Crippen LogP) is 14.7. The van der Waals surface area contributed by atoms with Gasteiger partial charge in [0.05, 0.1) is 45.8 Å². The molecule has 0 bridgehead atoms. The normalized spacial score (nSPS) is 11.5. The van der Waals surface area contributed by atoms with Gasteiger partial charge in [0, 0.05) is 43.8 Å². The molecule has 74 heavy (non-hydrogen) atoms. The van der Waals surface area contributed by atoms with Crippen LogP contribution in [0.5, 0.6) is 0 Å². The number of benzene rings is 8. The summed E-state index contributed by atoms with van der Waals surface area (Å²) >= 11 is 0. The minimum absolute atomic E-state index is 0.512. The summed E-state index contributed by atoms with van der Waals surface area (Å²) in [5.41, 5.74) is 13.4. The van der Waals surface area contributed by atoms with E-state index in [0.29, 0.717) is 46.3 Å². The van der Waals surface area contributed by atoms with Gasteiger partial charge < -0.3 is 9.13 Å². The van der Waals surface area contributed by atoms with Gasteiger partial charge in [-0.05, 0) is 71.8 Å². The van der Waals surface area contributed by atoms with Crippen LogP contribution < -0.4 is 0 Å². The fraction of sp³-hybridized carbons (Fsp3) is 0. The summed E-state index contributed by atoms with van der Waals surface area (Å²) in [5.74, 6) is 3.41. The first-order chi connectivity index (χ1) is 36.7. The van der Waals surface area contributed by atoms with Crippen molar-refractivity contribution in [2.45, 2.75) is 0 Å². The van der Waals surface area contributed by atoms with E-state index in [0.717, 1.165) is 88.4 Å². The fourth-order valence-corrected chi connectivity index (χ4v) is 10.0. The molecule has 0 unspecified atom stereocenters. The zero-order chi connectivity index (χ0) is 49.0. The molecule has 346 valence electrons. The largest absolute Gasteiger partial charge is 0.308 e. The number of para-hydroxylation sites is 2. The Morgan fingerprint density at radius 2 is 0.541 bits per heavy atom. The molecule has 10 nitrogen and oxygen atoms in total. The molecule has 14 rings (SSSR count). The lowest BCUT2D eigenvalue weighted by atomic mass is 10.0. The average Bonchev–Trinajstić information content (AvgIpc) is 4.02. The maximum atomic E-state index is 4.99. The van der Waals surface area contributed by atoms with E-state index in [1.807, 2.05) is 146 Å². The highest BCUT2D eigenvalue weighted by atomic mass is 15.1. The van der Waals surface area contributed by atoms with Crippen molar-refractivity contribution in [2.75, 3.05) is 0 Å². The Hall–Kier alpha value is -10.3. The van der Waals surface area contributed by atoms with Crippen molar-refractivity contribution in [3.05, 3.63) is 243 Å². The van der Waals surface area contributed by atoms with Gasteiger partial charge >= 0.3 is 0 Å². The Bertz CT molecular complexity index is 3990. The second-order valence-corrected chi connectivity index (χ2v) is 18.0. The fourth-order valence-electron chi connectivity index (χ4n) is 10.0. The van der Waals surface area contributed by atoms with Crippen LogP contribution in [0.3, 0.4) is 0 Å². The molecule has 0 atom stereocenters. The number of aromatic nitrogens is 10. The molecule has 0 amide bonds. The lowest BCUT2D eigenvalue weighted by molar-refractivity contribution is 1.05. The third-order valence-electron chi connectivity index (χ3n) is 13.5. The van der Waals surface area contributed by atoms with Gasteiger partial charge in [-0.1, -0.05) is 170 Å². The lowest BCUT2D eigenvalue weighted by Crippen LogP contribution is -2.02. The Morgan fingerprint density at radius 3 is 0.878 bits per heavy atom. The molecular weight excluding hydrogens is 909 g/mol. The summed E-state index contributed by atoms with van der Waals surface area (Å²) in [5, 5.41) is 4.62. The molecule has 0 aliphatic carbocycles. The molecule has 10 heteroatoms. The first kappa shape index (κ1) is 42.5. The van der Waals surface area contributed by atoms with Crippen molar-refractivity contribution in [2.24, 2.45) is 0 Å². The van der Waals surface area contributed by atoms with Gasteiger partial charge in [0.15, 0.2) is 34.9 Å². The highest BCUT2D eigenvalue weighted by molar-refractivity contribution is 6.12. The third-order valence-corrected chi connectivity index (χ3v) is 13.5. The van der Waals surface area contributed by atoms with Crippen LogP contribution in [-0.4, -0.2) is 49.0 Å². The van der Waals surface area contributed by atoms with E-state index < -0.39 is 0 Å². The molecule has 6 heterocycles. The third kappa shape index (κ3) is 7.53. The van der Waals surface area contributed by atoms with E-state index in [1.54, 1.807) is 0 Å².